The molecule has 1 fully saturated rings. The summed E-state index contributed by atoms with van der Waals surface area (Å²) < 4.78 is 1.70. The first kappa shape index (κ1) is 17.3. The van der Waals surface area contributed by atoms with Gasteiger partial charge in [-0.25, -0.2) is 0 Å². The zero-order chi connectivity index (χ0) is 16.9. The first-order valence-electron chi connectivity index (χ1n) is 8.03. The molecule has 2 aromatic rings. The van der Waals surface area contributed by atoms with Crippen LogP contribution in [0.2, 0.25) is 10.0 Å². The number of carbonyl (C=O) groups excluding carboxylic acids is 1. The summed E-state index contributed by atoms with van der Waals surface area (Å²) in [5.74, 6) is 0.166. The molecule has 1 aliphatic rings. The standard InChI is InChI=1S/C17H20Cl2N4O/c18-15-11-20-23(13-15)6-5-17(24)22-9-7-21(8-10-22)12-14-3-1-2-4-16(14)19/h1-4,11,13H,5-10,12H2. The second kappa shape index (κ2) is 8.01. The first-order chi connectivity index (χ1) is 11.6. The van der Waals surface area contributed by atoms with Crippen LogP contribution in [0.5, 0.6) is 0 Å². The molecule has 0 radical (unpaired) electrons. The lowest BCUT2D eigenvalue weighted by Gasteiger charge is -2.35. The predicted molar refractivity (Wildman–Crippen MR) is 95.2 cm³/mol. The van der Waals surface area contributed by atoms with E-state index >= 15 is 0 Å². The van der Waals surface area contributed by atoms with Crippen molar-refractivity contribution in [1.82, 2.24) is 19.6 Å². The SMILES string of the molecule is O=C(CCn1cc(Cl)cn1)N1CCN(Cc2ccccc2Cl)CC1. The van der Waals surface area contributed by atoms with Gasteiger partial charge >= 0.3 is 0 Å². The third-order valence-corrected chi connectivity index (χ3v) is 4.80. The minimum atomic E-state index is 0.166. The lowest BCUT2D eigenvalue weighted by Crippen LogP contribution is -2.48. The van der Waals surface area contributed by atoms with Crippen LogP contribution in [0.1, 0.15) is 12.0 Å². The van der Waals surface area contributed by atoms with E-state index in [2.05, 4.69) is 16.1 Å². The molecule has 24 heavy (non-hydrogen) atoms. The quantitative estimate of drug-likeness (QED) is 0.816. The highest BCUT2D eigenvalue weighted by atomic mass is 35.5. The fourth-order valence-electron chi connectivity index (χ4n) is 2.85. The van der Waals surface area contributed by atoms with Crippen LogP contribution in [0.25, 0.3) is 0 Å². The molecule has 128 valence electrons. The molecule has 1 saturated heterocycles. The van der Waals surface area contributed by atoms with Gasteiger partial charge in [0.05, 0.1) is 11.2 Å². The number of rotatable bonds is 5. The van der Waals surface area contributed by atoms with Gasteiger partial charge in [-0.1, -0.05) is 41.4 Å². The molecule has 0 aliphatic carbocycles. The number of halogens is 2. The summed E-state index contributed by atoms with van der Waals surface area (Å²) in [4.78, 5) is 16.6. The Morgan fingerprint density at radius 3 is 2.54 bits per heavy atom. The number of hydrogen-bond donors (Lipinski definition) is 0. The minimum absolute atomic E-state index is 0.166. The molecule has 1 aliphatic heterocycles. The molecular formula is C17H20Cl2N4O. The first-order valence-corrected chi connectivity index (χ1v) is 8.79. The Hall–Kier alpha value is -1.56. The number of amides is 1. The van der Waals surface area contributed by atoms with E-state index in [-0.39, 0.29) is 5.91 Å². The third-order valence-electron chi connectivity index (χ3n) is 4.23. The van der Waals surface area contributed by atoms with Gasteiger partial charge in [0.1, 0.15) is 0 Å². The minimum Gasteiger partial charge on any atom is -0.340 e. The molecule has 1 amide bonds. The Labute approximate surface area is 151 Å². The topological polar surface area (TPSA) is 41.4 Å². The molecule has 5 nitrogen and oxygen atoms in total. The Kier molecular flexibility index (Phi) is 5.76. The summed E-state index contributed by atoms with van der Waals surface area (Å²) in [6.07, 6.45) is 3.76. The molecule has 1 aromatic carbocycles. The largest absolute Gasteiger partial charge is 0.340 e. The molecule has 7 heteroatoms. The summed E-state index contributed by atoms with van der Waals surface area (Å²) in [5, 5.41) is 5.49. The van der Waals surface area contributed by atoms with Crippen molar-refractivity contribution in [2.45, 2.75) is 19.5 Å². The van der Waals surface area contributed by atoms with Crippen molar-refractivity contribution in [3.63, 3.8) is 0 Å². The highest BCUT2D eigenvalue weighted by molar-refractivity contribution is 6.31. The molecule has 0 atom stereocenters. The number of benzene rings is 1. The maximum Gasteiger partial charge on any atom is 0.224 e. The second-order valence-corrected chi connectivity index (χ2v) is 6.76. The number of piperazine rings is 1. The van der Waals surface area contributed by atoms with Crippen LogP contribution in [0.15, 0.2) is 36.7 Å². The van der Waals surface area contributed by atoms with E-state index in [1.165, 1.54) is 0 Å². The molecule has 1 aromatic heterocycles. The van der Waals surface area contributed by atoms with Crippen LogP contribution in [0.3, 0.4) is 0 Å². The van der Waals surface area contributed by atoms with Gasteiger partial charge in [-0.05, 0) is 11.6 Å². The molecule has 0 N–H and O–H groups in total. The Morgan fingerprint density at radius 2 is 1.88 bits per heavy atom. The predicted octanol–water partition coefficient (Wildman–Crippen LogP) is 2.92. The Morgan fingerprint density at radius 1 is 1.12 bits per heavy atom. The van der Waals surface area contributed by atoms with Crippen LogP contribution in [-0.2, 0) is 17.9 Å². The third kappa shape index (κ3) is 4.50. The van der Waals surface area contributed by atoms with Crippen molar-refractivity contribution in [2.75, 3.05) is 26.2 Å². The Balaban J connectivity index is 1.44. The van der Waals surface area contributed by atoms with Gasteiger partial charge in [-0.3, -0.25) is 14.4 Å². The van der Waals surface area contributed by atoms with Gasteiger partial charge in [-0.2, -0.15) is 5.10 Å². The molecule has 2 heterocycles. The molecule has 0 spiro atoms. The maximum atomic E-state index is 12.3. The van der Waals surface area contributed by atoms with Gasteiger partial charge < -0.3 is 4.90 Å². The number of carbonyl (C=O) groups is 1. The van der Waals surface area contributed by atoms with Crippen LogP contribution >= 0.6 is 23.2 Å². The van der Waals surface area contributed by atoms with Gasteiger partial charge in [-0.15, -0.1) is 0 Å². The van der Waals surface area contributed by atoms with Crippen molar-refractivity contribution < 1.29 is 4.79 Å². The number of hydrogen-bond acceptors (Lipinski definition) is 3. The summed E-state index contributed by atoms with van der Waals surface area (Å²) in [6, 6.07) is 7.91. The van der Waals surface area contributed by atoms with E-state index in [9.17, 15) is 4.79 Å². The summed E-state index contributed by atoms with van der Waals surface area (Å²) >= 11 is 12.0. The highest BCUT2D eigenvalue weighted by Gasteiger charge is 2.21. The monoisotopic (exact) mass is 366 g/mol. The second-order valence-electron chi connectivity index (χ2n) is 5.92. The van der Waals surface area contributed by atoms with E-state index < -0.39 is 0 Å². The number of aryl methyl sites for hydroxylation is 1. The van der Waals surface area contributed by atoms with E-state index in [1.807, 2.05) is 23.1 Å². The van der Waals surface area contributed by atoms with E-state index in [0.29, 0.717) is 18.0 Å². The lowest BCUT2D eigenvalue weighted by atomic mass is 10.2. The van der Waals surface area contributed by atoms with Crippen molar-refractivity contribution >= 4 is 29.1 Å². The van der Waals surface area contributed by atoms with Crippen molar-refractivity contribution in [2.24, 2.45) is 0 Å². The van der Waals surface area contributed by atoms with Crippen LogP contribution < -0.4 is 0 Å². The average molecular weight is 367 g/mol. The van der Waals surface area contributed by atoms with Gasteiger partial charge in [0, 0.05) is 56.9 Å². The van der Waals surface area contributed by atoms with E-state index in [0.717, 1.165) is 43.3 Å². The van der Waals surface area contributed by atoms with E-state index in [1.54, 1.807) is 17.1 Å². The Bertz CT molecular complexity index is 695. The summed E-state index contributed by atoms with van der Waals surface area (Å²) in [7, 11) is 0. The van der Waals surface area contributed by atoms with Crippen molar-refractivity contribution in [1.29, 1.82) is 0 Å². The zero-order valence-corrected chi connectivity index (χ0v) is 14.9. The molecular weight excluding hydrogens is 347 g/mol. The smallest absolute Gasteiger partial charge is 0.224 e. The van der Waals surface area contributed by atoms with Crippen LogP contribution in [-0.4, -0.2) is 51.7 Å². The van der Waals surface area contributed by atoms with Crippen LogP contribution in [0.4, 0.5) is 0 Å². The zero-order valence-electron chi connectivity index (χ0n) is 13.4. The van der Waals surface area contributed by atoms with Gasteiger partial charge in [0.25, 0.3) is 0 Å². The van der Waals surface area contributed by atoms with E-state index in [4.69, 9.17) is 23.2 Å². The summed E-state index contributed by atoms with van der Waals surface area (Å²) in [6.45, 7) is 4.63. The molecule has 0 unspecified atom stereocenters. The fraction of sp³-hybridized carbons (Fsp3) is 0.412. The van der Waals surface area contributed by atoms with Gasteiger partial charge in [0.2, 0.25) is 5.91 Å². The normalized spacial score (nSPS) is 15.7. The molecule has 3 rings (SSSR count). The van der Waals surface area contributed by atoms with Crippen molar-refractivity contribution in [3.8, 4) is 0 Å². The lowest BCUT2D eigenvalue weighted by molar-refractivity contribution is -0.133. The van der Waals surface area contributed by atoms with Crippen LogP contribution in [0, 0.1) is 0 Å². The number of aromatic nitrogens is 2. The fourth-order valence-corrected chi connectivity index (χ4v) is 3.20. The average Bonchev–Trinajstić information content (AvgIpc) is 3.01. The molecule has 0 saturated carbocycles. The maximum absolute atomic E-state index is 12.3. The van der Waals surface area contributed by atoms with Gasteiger partial charge in [0.15, 0.2) is 0 Å². The van der Waals surface area contributed by atoms with Crippen molar-refractivity contribution in [3.05, 3.63) is 52.3 Å². The summed E-state index contributed by atoms with van der Waals surface area (Å²) in [5.41, 5.74) is 1.13. The number of nitrogens with zero attached hydrogens (tertiary/aromatic N) is 4. The highest BCUT2D eigenvalue weighted by Crippen LogP contribution is 2.18. The molecule has 0 bridgehead atoms.